The Morgan fingerprint density at radius 2 is 1.69 bits per heavy atom. The second kappa shape index (κ2) is 17.8. The molecular weight excluding hydrogens is 869 g/mol. The van der Waals surface area contributed by atoms with Gasteiger partial charge in [-0.1, -0.05) is 53.5 Å². The van der Waals surface area contributed by atoms with E-state index in [-0.39, 0.29) is 37.6 Å². The third-order valence-electron chi connectivity index (χ3n) is 15.2. The van der Waals surface area contributed by atoms with E-state index in [9.17, 15) is 9.18 Å². The number of halogens is 2. The average Bonchev–Trinajstić information content (AvgIpc) is 3.97. The van der Waals surface area contributed by atoms with Gasteiger partial charge in [-0.05, 0) is 99.3 Å². The molecule has 1 amide bonds. The van der Waals surface area contributed by atoms with Crippen molar-refractivity contribution in [1.82, 2.24) is 29.3 Å². The van der Waals surface area contributed by atoms with Crippen LogP contribution in [0.1, 0.15) is 100.0 Å². The predicted octanol–water partition coefficient (Wildman–Crippen LogP) is 10.6. The largest absolute Gasteiger partial charge is 0.468 e. The molecule has 9 rings (SSSR count). The number of nitrogens with zero attached hydrogens (tertiary/aromatic N) is 7. The molecule has 4 fully saturated rings. The summed E-state index contributed by atoms with van der Waals surface area (Å²) in [6.07, 6.45) is 4.54. The number of piperazine rings is 1. The highest BCUT2D eigenvalue weighted by Gasteiger charge is 2.50. The zero-order valence-electron chi connectivity index (χ0n) is 41.1. The number of fused-ring (bicyclic) bond motifs is 7. The van der Waals surface area contributed by atoms with E-state index >= 15 is 4.39 Å². The summed E-state index contributed by atoms with van der Waals surface area (Å²) < 4.78 is 57.6. The Labute approximate surface area is 394 Å². The zero-order chi connectivity index (χ0) is 47.7. The van der Waals surface area contributed by atoms with Gasteiger partial charge >= 0.3 is 12.1 Å². The molecule has 3 aromatic heterocycles. The summed E-state index contributed by atoms with van der Waals surface area (Å²) >= 11 is 0. The summed E-state index contributed by atoms with van der Waals surface area (Å²) in [6.45, 7) is 21.8. The van der Waals surface area contributed by atoms with Crippen LogP contribution in [0.5, 0.6) is 11.8 Å². The van der Waals surface area contributed by atoms with Crippen LogP contribution in [-0.2, 0) is 16.5 Å². The first kappa shape index (κ1) is 47.0. The maximum atomic E-state index is 16.6. The minimum absolute atomic E-state index is 0.0195. The lowest BCUT2D eigenvalue weighted by Crippen LogP contribution is -2.57. The molecule has 0 unspecified atom stereocenters. The lowest BCUT2D eigenvalue weighted by atomic mass is 9.95. The van der Waals surface area contributed by atoms with Gasteiger partial charge < -0.3 is 28.4 Å². The zero-order valence-corrected chi connectivity index (χ0v) is 42.1. The smallest absolute Gasteiger partial charge is 0.410 e. The number of benzene rings is 2. The quantitative estimate of drug-likeness (QED) is 0.0722. The van der Waals surface area contributed by atoms with Gasteiger partial charge in [0.05, 0.1) is 39.8 Å². The lowest BCUT2D eigenvalue weighted by molar-refractivity contribution is 0.0122. The third-order valence-corrected chi connectivity index (χ3v) is 21.5. The Bertz CT molecular complexity index is 2740. The molecule has 358 valence electrons. The number of methoxy groups -OCH3 is 1. The standard InChI is InChI=1S/C52H67F2N7O5Si/c1-31(2)67(32(3)4,33(5)6)22-18-39-42(54)16-13-34-23-38(65-30-63-11)24-41(43(34)39)45-46-40(17-20-55-45)44-47(58(46)10)56-49(64-29-52-19-12-21-60(52)26-35(53)25-52)57-48(44)59-27-36-14-15-37(28-59)61(36)50(62)66-51(7,8)9/h13,16-17,20,23-24,31-33,35-37H,12,14-15,19,21,25-30H2,1-11H3/t35-,36-,37+,52+/m1/s1. The van der Waals surface area contributed by atoms with Gasteiger partial charge in [-0.2, -0.15) is 9.97 Å². The normalized spacial score (nSPS) is 22.2. The number of rotatable bonds is 11. The second-order valence-electron chi connectivity index (χ2n) is 21.4. The molecule has 0 saturated carbocycles. The molecule has 2 aromatic carbocycles. The fourth-order valence-electron chi connectivity index (χ4n) is 12.4. The van der Waals surface area contributed by atoms with Crippen LogP contribution in [0, 0.1) is 17.3 Å². The van der Waals surface area contributed by atoms with Crippen LogP contribution in [0.4, 0.5) is 19.4 Å². The van der Waals surface area contributed by atoms with Crippen molar-refractivity contribution in [2.45, 2.75) is 140 Å². The van der Waals surface area contributed by atoms with Gasteiger partial charge in [-0.15, -0.1) is 5.54 Å². The molecule has 12 nitrogen and oxygen atoms in total. The number of anilines is 1. The number of carbonyl (C=O) groups is 1. The van der Waals surface area contributed by atoms with Crippen molar-refractivity contribution in [1.29, 1.82) is 0 Å². The number of amides is 1. The van der Waals surface area contributed by atoms with E-state index in [1.165, 1.54) is 6.07 Å². The molecule has 4 aliphatic rings. The van der Waals surface area contributed by atoms with Crippen molar-refractivity contribution in [2.75, 3.05) is 51.6 Å². The third kappa shape index (κ3) is 8.28. The van der Waals surface area contributed by atoms with Gasteiger partial charge in [0, 0.05) is 62.7 Å². The van der Waals surface area contributed by atoms with Crippen molar-refractivity contribution >= 4 is 52.7 Å². The summed E-state index contributed by atoms with van der Waals surface area (Å²) in [5.74, 6) is 4.32. The van der Waals surface area contributed by atoms with Gasteiger partial charge in [0.25, 0.3) is 0 Å². The van der Waals surface area contributed by atoms with E-state index in [2.05, 4.69) is 62.8 Å². The van der Waals surface area contributed by atoms with Crippen LogP contribution in [-0.4, -0.2) is 120 Å². The highest BCUT2D eigenvalue weighted by atomic mass is 28.3. The topological polar surface area (TPSA) is 107 Å². The molecule has 0 N–H and O–H groups in total. The number of pyridine rings is 1. The van der Waals surface area contributed by atoms with Crippen molar-refractivity contribution in [2.24, 2.45) is 7.05 Å². The Kier molecular flexibility index (Phi) is 12.5. The maximum Gasteiger partial charge on any atom is 0.410 e. The van der Waals surface area contributed by atoms with Crippen LogP contribution >= 0.6 is 0 Å². The predicted molar refractivity (Wildman–Crippen MR) is 263 cm³/mol. The van der Waals surface area contributed by atoms with Crippen molar-refractivity contribution in [3.63, 3.8) is 0 Å². The molecule has 0 spiro atoms. The van der Waals surface area contributed by atoms with Crippen molar-refractivity contribution in [3.05, 3.63) is 47.9 Å². The van der Waals surface area contributed by atoms with Crippen LogP contribution in [0.15, 0.2) is 36.5 Å². The van der Waals surface area contributed by atoms with E-state index in [0.717, 1.165) is 53.9 Å². The van der Waals surface area contributed by atoms with Gasteiger partial charge in [0.1, 0.15) is 49.5 Å². The molecule has 0 radical (unpaired) electrons. The Hall–Kier alpha value is -5.04. The Morgan fingerprint density at radius 1 is 0.970 bits per heavy atom. The average molecular weight is 936 g/mol. The lowest BCUT2D eigenvalue weighted by Gasteiger charge is -2.42. The summed E-state index contributed by atoms with van der Waals surface area (Å²) in [6, 6.07) is 9.11. The molecule has 0 aliphatic carbocycles. The first-order valence-corrected chi connectivity index (χ1v) is 26.4. The van der Waals surface area contributed by atoms with Crippen molar-refractivity contribution < 1.29 is 32.5 Å². The molecule has 5 aromatic rings. The van der Waals surface area contributed by atoms with E-state index in [1.54, 1.807) is 19.4 Å². The fraction of sp³-hybridized carbons (Fsp3) is 0.577. The first-order valence-electron chi connectivity index (χ1n) is 24.2. The fourth-order valence-corrected chi connectivity index (χ4v) is 17.6. The number of alkyl halides is 1. The number of carbonyl (C=O) groups excluding carboxylic acids is 1. The van der Waals surface area contributed by atoms with E-state index in [0.29, 0.717) is 82.1 Å². The molecule has 4 atom stereocenters. The van der Waals surface area contributed by atoms with E-state index < -0.39 is 31.2 Å². The summed E-state index contributed by atoms with van der Waals surface area (Å²) in [5.41, 5.74) is 6.82. The van der Waals surface area contributed by atoms with Gasteiger partial charge in [-0.25, -0.2) is 13.6 Å². The number of aromatic nitrogens is 4. The van der Waals surface area contributed by atoms with Crippen LogP contribution < -0.4 is 14.4 Å². The molecule has 67 heavy (non-hydrogen) atoms. The van der Waals surface area contributed by atoms with E-state index in [1.807, 2.05) is 55.5 Å². The minimum Gasteiger partial charge on any atom is -0.468 e. The highest BCUT2D eigenvalue weighted by Crippen LogP contribution is 2.46. The molecule has 7 heterocycles. The SMILES string of the molecule is COCOc1cc(-c2nccc3c4c(N5C[C@H]6CC[C@@H](C5)N6C(=O)OC(C)(C)C)nc(OC[C@@]56CCCN5C[C@H](F)C6)nc4n(C)c23)c2c(C#C[Si](C(C)C)(C(C)C)C(C)C)c(F)ccc2c1. The monoisotopic (exact) mass is 935 g/mol. The minimum atomic E-state index is -2.27. The van der Waals surface area contributed by atoms with Gasteiger partial charge in [0.2, 0.25) is 0 Å². The molecule has 4 aliphatic heterocycles. The summed E-state index contributed by atoms with van der Waals surface area (Å²) in [5, 5.41) is 3.08. The number of aryl methyl sites for hydroxylation is 1. The van der Waals surface area contributed by atoms with Gasteiger partial charge in [0.15, 0.2) is 6.79 Å². The molecule has 4 saturated heterocycles. The molecular formula is C52H67F2N7O5Si. The summed E-state index contributed by atoms with van der Waals surface area (Å²) in [4.78, 5) is 35.5. The van der Waals surface area contributed by atoms with Gasteiger partial charge in [-0.3, -0.25) is 14.8 Å². The molecule has 2 bridgehead atoms. The van der Waals surface area contributed by atoms with Crippen molar-refractivity contribution in [3.8, 4) is 34.5 Å². The Morgan fingerprint density at radius 3 is 2.36 bits per heavy atom. The number of hydrogen-bond donors (Lipinski definition) is 0. The highest BCUT2D eigenvalue weighted by molar-refractivity contribution is 6.90. The van der Waals surface area contributed by atoms with Crippen LogP contribution in [0.25, 0.3) is 44.0 Å². The summed E-state index contributed by atoms with van der Waals surface area (Å²) in [7, 11) is 1.27. The Balaban J connectivity index is 1.24. The van der Waals surface area contributed by atoms with E-state index in [4.69, 9.17) is 33.9 Å². The first-order chi connectivity index (χ1) is 31.9. The number of ether oxygens (including phenoxy) is 4. The maximum absolute atomic E-state index is 16.6. The molecule has 15 heteroatoms. The van der Waals surface area contributed by atoms with Crippen LogP contribution in [0.3, 0.4) is 0 Å². The van der Waals surface area contributed by atoms with Crippen LogP contribution in [0.2, 0.25) is 16.6 Å². The number of hydrogen-bond acceptors (Lipinski definition) is 10. The second-order valence-corrected chi connectivity index (χ2v) is 27.0.